The van der Waals surface area contributed by atoms with Gasteiger partial charge in [0.05, 0.1) is 10.6 Å². The average Bonchev–Trinajstić information content (AvgIpc) is 3.24. The van der Waals surface area contributed by atoms with E-state index in [2.05, 4.69) is 14.8 Å². The Balaban J connectivity index is 1.48. The molecule has 10 heteroatoms. The van der Waals surface area contributed by atoms with Gasteiger partial charge in [-0.25, -0.2) is 22.0 Å². The van der Waals surface area contributed by atoms with Crippen LogP contribution in [0.15, 0.2) is 47.4 Å². The first-order valence-corrected chi connectivity index (χ1v) is 11.8. The zero-order valence-corrected chi connectivity index (χ0v) is 18.6. The zero-order chi connectivity index (χ0) is 21.5. The lowest BCUT2D eigenvalue weighted by atomic mass is 10.2. The molecule has 156 valence electrons. The maximum Gasteiger partial charge on any atom is 0.240 e. The van der Waals surface area contributed by atoms with Gasteiger partial charge in [0, 0.05) is 22.0 Å². The third-order valence-corrected chi connectivity index (χ3v) is 7.60. The summed E-state index contributed by atoms with van der Waals surface area (Å²) in [4.78, 5) is 6.35. The third kappa shape index (κ3) is 4.11. The van der Waals surface area contributed by atoms with E-state index in [1.54, 1.807) is 16.6 Å². The highest BCUT2D eigenvalue weighted by atomic mass is 35.5. The van der Waals surface area contributed by atoms with Crippen molar-refractivity contribution in [2.24, 2.45) is 0 Å². The summed E-state index contributed by atoms with van der Waals surface area (Å²) in [6.07, 6.45) is 0.497. The summed E-state index contributed by atoms with van der Waals surface area (Å²) in [6.45, 7) is 3.68. The molecule has 0 atom stereocenters. The Labute approximate surface area is 182 Å². The lowest BCUT2D eigenvalue weighted by molar-refractivity contribution is 0.580. The fourth-order valence-corrected chi connectivity index (χ4v) is 5.30. The van der Waals surface area contributed by atoms with E-state index in [1.165, 1.54) is 30.4 Å². The van der Waals surface area contributed by atoms with Crippen LogP contribution in [0.1, 0.15) is 16.1 Å². The fourth-order valence-electron chi connectivity index (χ4n) is 3.00. The van der Waals surface area contributed by atoms with Crippen LogP contribution in [0.25, 0.3) is 16.3 Å². The van der Waals surface area contributed by atoms with Crippen LogP contribution in [0.5, 0.6) is 0 Å². The van der Waals surface area contributed by atoms with Gasteiger partial charge in [-0.3, -0.25) is 0 Å². The Morgan fingerprint density at radius 2 is 1.90 bits per heavy atom. The van der Waals surface area contributed by atoms with Gasteiger partial charge < -0.3 is 0 Å². The Morgan fingerprint density at radius 3 is 2.57 bits per heavy atom. The molecule has 0 radical (unpaired) electrons. The van der Waals surface area contributed by atoms with Crippen molar-refractivity contribution in [2.75, 3.05) is 6.54 Å². The maximum absolute atomic E-state index is 13.4. The van der Waals surface area contributed by atoms with Gasteiger partial charge >= 0.3 is 0 Å². The normalized spacial score (nSPS) is 12.0. The molecule has 0 amide bonds. The summed E-state index contributed by atoms with van der Waals surface area (Å²) >= 11 is 7.40. The number of aromatic nitrogens is 3. The van der Waals surface area contributed by atoms with Gasteiger partial charge in [-0.1, -0.05) is 22.9 Å². The molecule has 0 aliphatic heterocycles. The molecular formula is C20H18ClFN4O2S2. The van der Waals surface area contributed by atoms with Gasteiger partial charge in [0.15, 0.2) is 5.82 Å². The molecule has 0 saturated heterocycles. The van der Waals surface area contributed by atoms with E-state index in [-0.39, 0.29) is 17.0 Å². The van der Waals surface area contributed by atoms with Gasteiger partial charge in [-0.2, -0.15) is 4.98 Å². The van der Waals surface area contributed by atoms with Crippen molar-refractivity contribution < 1.29 is 12.8 Å². The van der Waals surface area contributed by atoms with Crippen molar-refractivity contribution in [3.63, 3.8) is 0 Å². The van der Waals surface area contributed by atoms with Gasteiger partial charge in [-0.05, 0) is 68.3 Å². The van der Waals surface area contributed by atoms with Crippen molar-refractivity contribution in [1.29, 1.82) is 0 Å². The molecule has 6 nitrogen and oxygen atoms in total. The van der Waals surface area contributed by atoms with Gasteiger partial charge in [0.2, 0.25) is 15.0 Å². The monoisotopic (exact) mass is 464 g/mol. The SMILES string of the molecule is Cc1cc(S(=O)(=O)NCCc2sc3nc(-c4ccc(Cl)cc4)nn3c2C)ccc1F. The summed E-state index contributed by atoms with van der Waals surface area (Å²) in [5, 5.41) is 5.20. The number of sulfonamides is 1. The number of hydrogen-bond acceptors (Lipinski definition) is 5. The van der Waals surface area contributed by atoms with Crippen LogP contribution in [0.2, 0.25) is 5.02 Å². The first-order valence-electron chi connectivity index (χ1n) is 9.11. The van der Waals surface area contributed by atoms with Crippen molar-refractivity contribution >= 4 is 37.9 Å². The van der Waals surface area contributed by atoms with Crippen LogP contribution in [0.3, 0.4) is 0 Å². The van der Waals surface area contributed by atoms with Crippen molar-refractivity contribution in [3.8, 4) is 11.4 Å². The van der Waals surface area contributed by atoms with Crippen LogP contribution in [-0.2, 0) is 16.4 Å². The molecule has 2 aromatic heterocycles. The standard InChI is InChI=1S/C20H18ClFN4O2S2/c1-12-11-16(7-8-17(12)22)30(27,28)23-10-9-18-13(2)26-20(29-18)24-19(25-26)14-3-5-15(21)6-4-14/h3-8,11,23H,9-10H2,1-2H3. The summed E-state index contributed by atoms with van der Waals surface area (Å²) in [5.74, 6) is 0.178. The molecule has 1 N–H and O–H groups in total. The number of nitrogens with one attached hydrogen (secondary N) is 1. The van der Waals surface area contributed by atoms with Crippen LogP contribution >= 0.6 is 22.9 Å². The summed E-state index contributed by atoms with van der Waals surface area (Å²) < 4.78 is 42.6. The second-order valence-electron chi connectivity index (χ2n) is 6.81. The Kier molecular flexibility index (Phi) is 5.63. The van der Waals surface area contributed by atoms with E-state index in [9.17, 15) is 12.8 Å². The molecule has 4 aromatic rings. The van der Waals surface area contributed by atoms with E-state index in [4.69, 9.17) is 11.6 Å². The maximum atomic E-state index is 13.4. The largest absolute Gasteiger partial charge is 0.240 e. The Hall–Kier alpha value is -2.33. The smallest absolute Gasteiger partial charge is 0.211 e. The topological polar surface area (TPSA) is 76.4 Å². The third-order valence-electron chi connectivity index (χ3n) is 4.70. The number of nitrogens with zero attached hydrogens (tertiary/aromatic N) is 3. The number of halogens is 2. The lowest BCUT2D eigenvalue weighted by Gasteiger charge is -2.07. The van der Waals surface area contributed by atoms with Crippen molar-refractivity contribution in [3.05, 3.63) is 69.4 Å². The number of hydrogen-bond donors (Lipinski definition) is 1. The molecule has 0 saturated carbocycles. The first kappa shape index (κ1) is 20.9. The first-order chi connectivity index (χ1) is 14.2. The molecule has 0 aliphatic carbocycles. The number of thiazole rings is 1. The predicted octanol–water partition coefficient (Wildman–Crippen LogP) is 4.39. The van der Waals surface area contributed by atoms with Crippen molar-refractivity contribution in [1.82, 2.24) is 19.3 Å². The van der Waals surface area contributed by atoms with Crippen LogP contribution in [0, 0.1) is 19.7 Å². The van der Waals surface area contributed by atoms with E-state index >= 15 is 0 Å². The number of benzene rings is 2. The van der Waals surface area contributed by atoms with Crippen LogP contribution in [-0.4, -0.2) is 29.6 Å². The molecule has 0 unspecified atom stereocenters. The second kappa shape index (κ2) is 8.07. The molecule has 0 spiro atoms. The van der Waals surface area contributed by atoms with Crippen molar-refractivity contribution in [2.45, 2.75) is 25.2 Å². The molecule has 2 aromatic carbocycles. The van der Waals surface area contributed by atoms with Gasteiger partial charge in [-0.15, -0.1) is 5.10 Å². The molecule has 0 fully saturated rings. The Bertz CT molecular complexity index is 1330. The van der Waals surface area contributed by atoms with Gasteiger partial charge in [0.25, 0.3) is 0 Å². The number of aryl methyl sites for hydroxylation is 2. The lowest BCUT2D eigenvalue weighted by Crippen LogP contribution is -2.26. The second-order valence-corrected chi connectivity index (χ2v) is 10.1. The average molecular weight is 465 g/mol. The predicted molar refractivity (Wildman–Crippen MR) is 116 cm³/mol. The van der Waals surface area contributed by atoms with E-state index in [1.807, 2.05) is 19.1 Å². The van der Waals surface area contributed by atoms with E-state index < -0.39 is 15.8 Å². The molecule has 30 heavy (non-hydrogen) atoms. The summed E-state index contributed by atoms with van der Waals surface area (Å²) in [7, 11) is -3.71. The highest BCUT2D eigenvalue weighted by Crippen LogP contribution is 2.26. The number of fused-ring (bicyclic) bond motifs is 1. The van der Waals surface area contributed by atoms with Crippen LogP contribution in [0.4, 0.5) is 4.39 Å². The summed E-state index contributed by atoms with van der Waals surface area (Å²) in [5.41, 5.74) is 2.08. The number of rotatable bonds is 6. The van der Waals surface area contributed by atoms with E-state index in [0.29, 0.717) is 17.3 Å². The van der Waals surface area contributed by atoms with Crippen LogP contribution < -0.4 is 4.72 Å². The minimum atomic E-state index is -3.71. The Morgan fingerprint density at radius 1 is 1.17 bits per heavy atom. The highest BCUT2D eigenvalue weighted by molar-refractivity contribution is 7.89. The molecule has 0 bridgehead atoms. The van der Waals surface area contributed by atoms with E-state index in [0.717, 1.165) is 27.2 Å². The molecule has 0 aliphatic rings. The zero-order valence-electron chi connectivity index (χ0n) is 16.2. The molecule has 2 heterocycles. The molecule has 4 rings (SSSR count). The minimum Gasteiger partial charge on any atom is -0.211 e. The minimum absolute atomic E-state index is 0.0494. The summed E-state index contributed by atoms with van der Waals surface area (Å²) in [6, 6.07) is 11.1. The highest BCUT2D eigenvalue weighted by Gasteiger charge is 2.17. The van der Waals surface area contributed by atoms with Gasteiger partial charge in [0.1, 0.15) is 5.82 Å². The molecular weight excluding hydrogens is 447 g/mol. The fraction of sp³-hybridized carbons (Fsp3) is 0.200. The quantitative estimate of drug-likeness (QED) is 0.459.